The van der Waals surface area contributed by atoms with E-state index in [9.17, 15) is 9.59 Å². The van der Waals surface area contributed by atoms with Crippen molar-refractivity contribution in [2.24, 2.45) is 12.0 Å². The lowest BCUT2D eigenvalue weighted by atomic mass is 10.1. The standard InChI is InChI=1S/C19H18ClN7O3/c1-21-9-14-16-17(18(28)25(2)11-22-16)27(23-14)10-15-24-26(19(29)30-15)8-7-12-3-5-13(20)6-4-12/h3-6,11H,1,7-10H2,2H3. The summed E-state index contributed by atoms with van der Waals surface area (Å²) in [5.41, 5.74) is 1.99. The van der Waals surface area contributed by atoms with Crippen molar-refractivity contribution in [3.8, 4) is 0 Å². The zero-order valence-electron chi connectivity index (χ0n) is 16.2. The fourth-order valence-electron chi connectivity index (χ4n) is 3.11. The van der Waals surface area contributed by atoms with E-state index in [-0.39, 0.29) is 30.1 Å². The molecule has 0 saturated carbocycles. The molecule has 0 N–H and O–H groups in total. The lowest BCUT2D eigenvalue weighted by molar-refractivity contribution is 0.431. The third-order valence-corrected chi connectivity index (χ3v) is 4.85. The van der Waals surface area contributed by atoms with Crippen molar-refractivity contribution in [3.63, 3.8) is 0 Å². The van der Waals surface area contributed by atoms with Crippen molar-refractivity contribution in [1.29, 1.82) is 0 Å². The molecule has 30 heavy (non-hydrogen) atoms. The summed E-state index contributed by atoms with van der Waals surface area (Å²) >= 11 is 5.89. The van der Waals surface area contributed by atoms with Crippen molar-refractivity contribution < 1.29 is 4.42 Å². The van der Waals surface area contributed by atoms with Gasteiger partial charge in [-0.1, -0.05) is 23.7 Å². The van der Waals surface area contributed by atoms with Gasteiger partial charge in [-0.2, -0.15) is 9.78 Å². The average molecular weight is 428 g/mol. The number of benzene rings is 1. The molecule has 0 aliphatic heterocycles. The molecule has 10 nitrogen and oxygen atoms in total. The second-order valence-corrected chi connectivity index (χ2v) is 7.14. The van der Waals surface area contributed by atoms with E-state index >= 15 is 0 Å². The summed E-state index contributed by atoms with van der Waals surface area (Å²) in [7, 11) is 1.60. The molecule has 0 aliphatic carbocycles. The Morgan fingerprint density at radius 1 is 1.17 bits per heavy atom. The lowest BCUT2D eigenvalue weighted by Crippen LogP contribution is -2.20. The van der Waals surface area contributed by atoms with E-state index in [1.807, 2.05) is 12.1 Å². The Morgan fingerprint density at radius 3 is 2.67 bits per heavy atom. The second-order valence-electron chi connectivity index (χ2n) is 6.71. The summed E-state index contributed by atoms with van der Waals surface area (Å²) < 4.78 is 9.30. The first-order valence-electron chi connectivity index (χ1n) is 9.11. The number of nitrogens with zero attached hydrogens (tertiary/aromatic N) is 7. The van der Waals surface area contributed by atoms with Gasteiger partial charge >= 0.3 is 5.76 Å². The largest absolute Gasteiger partial charge is 0.437 e. The molecule has 0 saturated heterocycles. The van der Waals surface area contributed by atoms with Crippen LogP contribution < -0.4 is 11.3 Å². The zero-order valence-corrected chi connectivity index (χ0v) is 16.9. The molecule has 4 rings (SSSR count). The predicted molar refractivity (Wildman–Crippen MR) is 111 cm³/mol. The Bertz CT molecular complexity index is 1330. The highest BCUT2D eigenvalue weighted by Crippen LogP contribution is 2.15. The monoisotopic (exact) mass is 427 g/mol. The molecule has 0 unspecified atom stereocenters. The van der Waals surface area contributed by atoms with Crippen LogP contribution in [0.15, 0.2) is 49.6 Å². The number of aromatic nitrogens is 6. The van der Waals surface area contributed by atoms with Crippen molar-refractivity contribution >= 4 is 29.4 Å². The van der Waals surface area contributed by atoms with E-state index < -0.39 is 5.76 Å². The van der Waals surface area contributed by atoms with Gasteiger partial charge < -0.3 is 8.98 Å². The number of aliphatic imine (C=N–C) groups is 1. The minimum atomic E-state index is -0.575. The van der Waals surface area contributed by atoms with Gasteiger partial charge in [0.15, 0.2) is 5.52 Å². The normalized spacial score (nSPS) is 11.3. The maximum atomic E-state index is 12.6. The van der Waals surface area contributed by atoms with Crippen LogP contribution in [0.1, 0.15) is 17.1 Å². The molecule has 0 atom stereocenters. The third kappa shape index (κ3) is 3.81. The molecule has 0 radical (unpaired) electrons. The lowest BCUT2D eigenvalue weighted by Gasteiger charge is -2.01. The molecule has 0 bridgehead atoms. The summed E-state index contributed by atoms with van der Waals surface area (Å²) in [6, 6.07) is 7.37. The minimum absolute atomic E-state index is 0.0117. The maximum absolute atomic E-state index is 12.6. The van der Waals surface area contributed by atoms with Crippen molar-refractivity contribution in [1.82, 2.24) is 29.1 Å². The van der Waals surface area contributed by atoms with Gasteiger partial charge in [0, 0.05) is 12.1 Å². The van der Waals surface area contributed by atoms with Gasteiger partial charge in [0.05, 0.1) is 19.4 Å². The highest BCUT2D eigenvalue weighted by atomic mass is 35.5. The quantitative estimate of drug-likeness (QED) is 0.412. The summed E-state index contributed by atoms with van der Waals surface area (Å²) in [5, 5.41) is 9.29. The zero-order chi connectivity index (χ0) is 21.3. The average Bonchev–Trinajstić information content (AvgIpc) is 3.25. The highest BCUT2D eigenvalue weighted by Gasteiger charge is 2.18. The molecule has 1 aromatic carbocycles. The number of fused-ring (bicyclic) bond motifs is 1. The molecular formula is C19H18ClN7O3. The Labute approximate surface area is 175 Å². The van der Waals surface area contributed by atoms with Crippen LogP contribution in [0.4, 0.5) is 0 Å². The molecule has 0 spiro atoms. The molecular weight excluding hydrogens is 410 g/mol. The summed E-state index contributed by atoms with van der Waals surface area (Å²) in [6.07, 6.45) is 2.02. The van der Waals surface area contributed by atoms with Crippen LogP contribution in [0.5, 0.6) is 0 Å². The van der Waals surface area contributed by atoms with Crippen molar-refractivity contribution in [3.05, 3.63) is 73.7 Å². The van der Waals surface area contributed by atoms with E-state index in [0.29, 0.717) is 29.2 Å². The van der Waals surface area contributed by atoms with Crippen LogP contribution in [0.2, 0.25) is 5.02 Å². The number of hydrogen-bond donors (Lipinski definition) is 0. The van der Waals surface area contributed by atoms with Gasteiger partial charge in [-0.25, -0.2) is 14.5 Å². The van der Waals surface area contributed by atoms with Crippen LogP contribution in [-0.2, 0) is 33.1 Å². The van der Waals surface area contributed by atoms with Crippen LogP contribution >= 0.6 is 11.6 Å². The molecule has 0 amide bonds. The molecule has 0 aliphatic rings. The van der Waals surface area contributed by atoms with E-state index in [4.69, 9.17) is 16.0 Å². The van der Waals surface area contributed by atoms with Crippen LogP contribution in [0, 0.1) is 0 Å². The van der Waals surface area contributed by atoms with Gasteiger partial charge in [-0.05, 0) is 30.8 Å². The Hall–Kier alpha value is -3.53. The van der Waals surface area contributed by atoms with Crippen molar-refractivity contribution in [2.45, 2.75) is 26.1 Å². The molecule has 3 aromatic heterocycles. The first kappa shape index (κ1) is 19.8. The maximum Gasteiger partial charge on any atom is 0.437 e. The van der Waals surface area contributed by atoms with Gasteiger partial charge in [-0.15, -0.1) is 5.10 Å². The van der Waals surface area contributed by atoms with Gasteiger partial charge in [-0.3, -0.25) is 9.79 Å². The molecule has 0 fully saturated rings. The third-order valence-electron chi connectivity index (χ3n) is 4.60. The van der Waals surface area contributed by atoms with Crippen LogP contribution in [0.25, 0.3) is 11.0 Å². The summed E-state index contributed by atoms with van der Waals surface area (Å²) in [5.74, 6) is -0.432. The van der Waals surface area contributed by atoms with E-state index in [1.54, 1.807) is 19.2 Å². The molecule has 3 heterocycles. The molecule has 4 aromatic rings. The number of aryl methyl sites for hydroxylation is 3. The Kier molecular flexibility index (Phi) is 5.32. The topological polar surface area (TPSA) is 113 Å². The summed E-state index contributed by atoms with van der Waals surface area (Å²) in [6.45, 7) is 4.04. The first-order chi connectivity index (χ1) is 14.5. The highest BCUT2D eigenvalue weighted by molar-refractivity contribution is 6.30. The predicted octanol–water partition coefficient (Wildman–Crippen LogP) is 1.42. The van der Waals surface area contributed by atoms with Gasteiger partial charge in [0.1, 0.15) is 17.8 Å². The molecule has 11 heteroatoms. The second kappa shape index (κ2) is 8.07. The Balaban J connectivity index is 1.61. The van der Waals surface area contributed by atoms with E-state index in [0.717, 1.165) is 5.56 Å². The van der Waals surface area contributed by atoms with Gasteiger partial charge in [0.2, 0.25) is 5.89 Å². The minimum Gasteiger partial charge on any atom is -0.390 e. The van der Waals surface area contributed by atoms with Crippen LogP contribution in [0.3, 0.4) is 0 Å². The number of rotatable bonds is 7. The fourth-order valence-corrected chi connectivity index (χ4v) is 3.23. The smallest absolute Gasteiger partial charge is 0.390 e. The first-order valence-corrected chi connectivity index (χ1v) is 9.49. The Morgan fingerprint density at radius 2 is 1.93 bits per heavy atom. The summed E-state index contributed by atoms with van der Waals surface area (Å²) in [4.78, 5) is 32.9. The van der Waals surface area contributed by atoms with E-state index in [2.05, 4.69) is 26.9 Å². The fraction of sp³-hybridized carbons (Fsp3) is 0.263. The number of halogens is 1. The van der Waals surface area contributed by atoms with Crippen molar-refractivity contribution in [2.75, 3.05) is 0 Å². The molecule has 154 valence electrons. The van der Waals surface area contributed by atoms with E-state index in [1.165, 1.54) is 20.3 Å². The van der Waals surface area contributed by atoms with Gasteiger partial charge in [0.25, 0.3) is 5.56 Å². The SMILES string of the molecule is C=NCc1nn(Cc2nn(CCc3ccc(Cl)cc3)c(=O)o2)c2c(=O)n(C)cnc12. The van der Waals surface area contributed by atoms with Crippen LogP contribution in [-0.4, -0.2) is 35.8 Å². The number of hydrogen-bond acceptors (Lipinski definition) is 7.